The van der Waals surface area contributed by atoms with E-state index in [1.807, 2.05) is 19.1 Å². The molecule has 30 heavy (non-hydrogen) atoms. The number of aliphatic hydroxyl groups excluding tert-OH is 3. The van der Waals surface area contributed by atoms with Gasteiger partial charge < -0.3 is 30.3 Å². The van der Waals surface area contributed by atoms with Crippen molar-refractivity contribution in [3.63, 3.8) is 0 Å². The SMILES string of the molecule is CC/C=C(\C)C(O)C(C)(O)/C=C/C=C/CC[C@@H](O)CC1=C(C)C(=O)C(O)(C(C)O)O1. The maximum Gasteiger partial charge on any atom is 0.298 e. The van der Waals surface area contributed by atoms with E-state index in [-0.39, 0.29) is 17.8 Å². The molecule has 0 spiro atoms. The molecule has 0 aromatic carbocycles. The summed E-state index contributed by atoms with van der Waals surface area (Å²) in [4.78, 5) is 12.1. The first kappa shape index (κ1) is 26.3. The van der Waals surface area contributed by atoms with Gasteiger partial charge in [-0.1, -0.05) is 37.3 Å². The van der Waals surface area contributed by atoms with Gasteiger partial charge in [0.2, 0.25) is 5.78 Å². The van der Waals surface area contributed by atoms with Crippen LogP contribution in [0.3, 0.4) is 0 Å². The predicted molar refractivity (Wildman–Crippen MR) is 114 cm³/mol. The molecule has 0 aliphatic carbocycles. The Kier molecular flexibility index (Phi) is 9.65. The molecule has 1 rings (SSSR count). The summed E-state index contributed by atoms with van der Waals surface area (Å²) >= 11 is 0. The fourth-order valence-corrected chi connectivity index (χ4v) is 3.19. The van der Waals surface area contributed by atoms with E-state index in [2.05, 4.69) is 0 Å². The fourth-order valence-electron chi connectivity index (χ4n) is 3.19. The predicted octanol–water partition coefficient (Wildman–Crippen LogP) is 2.04. The third-order valence-electron chi connectivity index (χ3n) is 5.21. The van der Waals surface area contributed by atoms with Gasteiger partial charge >= 0.3 is 0 Å². The highest BCUT2D eigenvalue weighted by molar-refractivity contribution is 6.03. The van der Waals surface area contributed by atoms with Gasteiger partial charge in [0.05, 0.1) is 6.10 Å². The van der Waals surface area contributed by atoms with Gasteiger partial charge in [-0.05, 0) is 52.5 Å². The third kappa shape index (κ3) is 6.62. The number of ether oxygens (including phenoxy) is 1. The Morgan fingerprint density at radius 3 is 2.43 bits per heavy atom. The van der Waals surface area contributed by atoms with Gasteiger partial charge in [0.25, 0.3) is 5.79 Å². The average Bonchev–Trinajstić information content (AvgIpc) is 2.88. The monoisotopic (exact) mass is 424 g/mol. The summed E-state index contributed by atoms with van der Waals surface area (Å²) in [5, 5.41) is 50.5. The molecule has 170 valence electrons. The van der Waals surface area contributed by atoms with E-state index in [0.29, 0.717) is 18.4 Å². The van der Waals surface area contributed by atoms with E-state index in [0.717, 1.165) is 6.42 Å². The maximum atomic E-state index is 12.1. The fraction of sp³-hybridized carbons (Fsp3) is 0.609. The molecule has 5 atom stereocenters. The number of hydrogen-bond acceptors (Lipinski definition) is 7. The second-order valence-corrected chi connectivity index (χ2v) is 8.06. The minimum absolute atomic E-state index is 0.0558. The quantitative estimate of drug-likeness (QED) is 0.254. The number of allylic oxidation sites excluding steroid dienone is 4. The molecule has 0 bridgehead atoms. The van der Waals surface area contributed by atoms with Crippen LogP contribution in [0.5, 0.6) is 0 Å². The molecule has 0 fully saturated rings. The highest BCUT2D eigenvalue weighted by Crippen LogP contribution is 2.34. The zero-order valence-electron chi connectivity index (χ0n) is 18.5. The summed E-state index contributed by atoms with van der Waals surface area (Å²) < 4.78 is 5.24. The topological polar surface area (TPSA) is 127 Å². The van der Waals surface area contributed by atoms with Gasteiger partial charge in [0, 0.05) is 12.0 Å². The minimum Gasteiger partial charge on any atom is -0.456 e. The Bertz CT molecular complexity index is 715. The second-order valence-electron chi connectivity index (χ2n) is 8.06. The van der Waals surface area contributed by atoms with Crippen LogP contribution in [0.15, 0.2) is 47.3 Å². The molecule has 0 saturated heterocycles. The number of ketones is 1. The molecule has 0 aromatic rings. The molecule has 1 aliphatic rings. The number of aliphatic hydroxyl groups is 5. The van der Waals surface area contributed by atoms with Crippen molar-refractivity contribution in [3.05, 3.63) is 47.3 Å². The first-order valence-corrected chi connectivity index (χ1v) is 10.3. The standard InChI is InChI=1S/C23H36O7/c1-6-11-15(2)20(26)22(5,28)13-10-8-7-9-12-18(25)14-19-16(3)21(27)23(29,30-19)17(4)24/h7-8,10-11,13,17-18,20,24-26,28-29H,6,9,12,14H2,1-5H3/b8-7+,13-10+,15-11+/t17?,18-,20?,22?,23?/m1/s1. The van der Waals surface area contributed by atoms with Crippen molar-refractivity contribution in [1.82, 2.24) is 0 Å². The molecule has 7 heteroatoms. The molecule has 0 amide bonds. The number of Topliss-reactive ketones (excluding diaryl/α,β-unsaturated/α-hetero) is 1. The minimum atomic E-state index is -2.28. The Labute approximate surface area is 178 Å². The van der Waals surface area contributed by atoms with Crippen molar-refractivity contribution in [2.75, 3.05) is 0 Å². The van der Waals surface area contributed by atoms with E-state index < -0.39 is 35.5 Å². The van der Waals surface area contributed by atoms with Gasteiger partial charge in [-0.3, -0.25) is 4.79 Å². The van der Waals surface area contributed by atoms with Gasteiger partial charge in [-0.15, -0.1) is 0 Å². The summed E-state index contributed by atoms with van der Waals surface area (Å²) in [7, 11) is 0. The molecule has 0 saturated carbocycles. The number of hydrogen-bond donors (Lipinski definition) is 5. The van der Waals surface area contributed by atoms with Crippen molar-refractivity contribution in [3.8, 4) is 0 Å². The van der Waals surface area contributed by atoms with Crippen LogP contribution in [0.4, 0.5) is 0 Å². The Morgan fingerprint density at radius 1 is 1.27 bits per heavy atom. The summed E-state index contributed by atoms with van der Waals surface area (Å²) in [5.74, 6) is -2.79. The van der Waals surface area contributed by atoms with Gasteiger partial charge in [0.1, 0.15) is 23.6 Å². The summed E-state index contributed by atoms with van der Waals surface area (Å²) in [6.07, 6.45) is 7.14. The molecule has 1 aliphatic heterocycles. The van der Waals surface area contributed by atoms with Crippen LogP contribution in [0.25, 0.3) is 0 Å². The molecule has 0 aromatic heterocycles. The molecule has 1 heterocycles. The second kappa shape index (κ2) is 11.0. The lowest BCUT2D eigenvalue weighted by Crippen LogP contribution is -2.47. The van der Waals surface area contributed by atoms with E-state index in [1.165, 1.54) is 26.8 Å². The molecule has 0 radical (unpaired) electrons. The van der Waals surface area contributed by atoms with E-state index in [4.69, 9.17) is 4.74 Å². The van der Waals surface area contributed by atoms with Crippen LogP contribution in [0.1, 0.15) is 60.3 Å². The van der Waals surface area contributed by atoms with Crippen LogP contribution in [-0.4, -0.2) is 61.0 Å². The van der Waals surface area contributed by atoms with Gasteiger partial charge in [-0.2, -0.15) is 0 Å². The van der Waals surface area contributed by atoms with E-state index in [9.17, 15) is 30.3 Å². The van der Waals surface area contributed by atoms with Crippen molar-refractivity contribution in [1.29, 1.82) is 0 Å². The summed E-state index contributed by atoms with van der Waals surface area (Å²) in [5.41, 5.74) is -0.487. The number of rotatable bonds is 11. The number of carbonyl (C=O) groups is 1. The normalized spacial score (nSPS) is 25.7. The average molecular weight is 425 g/mol. The molecular weight excluding hydrogens is 388 g/mol. The first-order valence-electron chi connectivity index (χ1n) is 10.3. The zero-order chi connectivity index (χ0) is 23.1. The molecular formula is C23H36O7. The zero-order valence-corrected chi connectivity index (χ0v) is 18.5. The highest BCUT2D eigenvalue weighted by atomic mass is 16.6. The highest BCUT2D eigenvalue weighted by Gasteiger charge is 2.50. The van der Waals surface area contributed by atoms with Crippen molar-refractivity contribution < 1.29 is 35.1 Å². The van der Waals surface area contributed by atoms with Crippen LogP contribution >= 0.6 is 0 Å². The number of carbonyl (C=O) groups excluding carboxylic acids is 1. The van der Waals surface area contributed by atoms with Crippen molar-refractivity contribution in [2.24, 2.45) is 0 Å². The maximum absolute atomic E-state index is 12.1. The van der Waals surface area contributed by atoms with E-state index >= 15 is 0 Å². The van der Waals surface area contributed by atoms with Crippen molar-refractivity contribution >= 4 is 5.78 Å². The third-order valence-corrected chi connectivity index (χ3v) is 5.21. The lowest BCUT2D eigenvalue weighted by atomic mass is 9.92. The Morgan fingerprint density at radius 2 is 1.90 bits per heavy atom. The smallest absolute Gasteiger partial charge is 0.298 e. The van der Waals surface area contributed by atoms with Crippen LogP contribution in [0.2, 0.25) is 0 Å². The summed E-state index contributed by atoms with van der Waals surface area (Å²) in [6, 6.07) is 0. The lowest BCUT2D eigenvalue weighted by molar-refractivity contribution is -0.213. The Hall–Kier alpha value is -1.77. The van der Waals surface area contributed by atoms with Crippen LogP contribution in [0, 0.1) is 0 Å². The summed E-state index contributed by atoms with van der Waals surface area (Å²) in [6.45, 7) is 8.02. The lowest BCUT2D eigenvalue weighted by Gasteiger charge is -2.26. The van der Waals surface area contributed by atoms with Gasteiger partial charge in [0.15, 0.2) is 0 Å². The van der Waals surface area contributed by atoms with Crippen molar-refractivity contribution in [2.45, 2.75) is 90.0 Å². The van der Waals surface area contributed by atoms with E-state index in [1.54, 1.807) is 19.1 Å². The molecule has 7 nitrogen and oxygen atoms in total. The van der Waals surface area contributed by atoms with Gasteiger partial charge in [-0.25, -0.2) is 0 Å². The molecule has 5 N–H and O–H groups in total. The molecule has 4 unspecified atom stereocenters. The first-order chi connectivity index (χ1) is 13.9. The largest absolute Gasteiger partial charge is 0.456 e. The Balaban J connectivity index is 2.53. The van der Waals surface area contributed by atoms with Crippen LogP contribution in [-0.2, 0) is 9.53 Å². The van der Waals surface area contributed by atoms with Crippen LogP contribution < -0.4 is 0 Å².